The highest BCUT2D eigenvalue weighted by Gasteiger charge is 2.29. The Morgan fingerprint density at radius 1 is 1.32 bits per heavy atom. The zero-order valence-electron chi connectivity index (χ0n) is 14.0. The number of amides is 3. The Morgan fingerprint density at radius 3 is 2.64 bits per heavy atom. The van der Waals surface area contributed by atoms with Gasteiger partial charge >= 0.3 is 0 Å². The van der Waals surface area contributed by atoms with Crippen molar-refractivity contribution in [1.82, 2.24) is 10.2 Å². The summed E-state index contributed by atoms with van der Waals surface area (Å²) >= 11 is 1.04. The molecule has 2 aliphatic heterocycles. The van der Waals surface area contributed by atoms with Gasteiger partial charge in [0.2, 0.25) is 11.8 Å². The molecule has 2 aliphatic rings. The van der Waals surface area contributed by atoms with Crippen LogP contribution in [0.1, 0.15) is 25.3 Å². The molecule has 2 atom stereocenters. The number of carbonyl (C=O) groups excluding carboxylic acids is 3. The SMILES string of the molecule is C[C@H]1C[C@@H](C(=O)Nc2ccc(CN3C(=O)CSC3=O)cc2)CCN1.Cl. The smallest absolute Gasteiger partial charge is 0.289 e. The Kier molecular flexibility index (Phi) is 6.87. The van der Waals surface area contributed by atoms with Crippen LogP contribution in [0.4, 0.5) is 10.5 Å². The maximum atomic E-state index is 12.3. The third-order valence-electron chi connectivity index (χ3n) is 4.40. The van der Waals surface area contributed by atoms with Gasteiger partial charge in [0.25, 0.3) is 5.24 Å². The van der Waals surface area contributed by atoms with Gasteiger partial charge in [-0.1, -0.05) is 23.9 Å². The van der Waals surface area contributed by atoms with Gasteiger partial charge in [0.1, 0.15) is 0 Å². The lowest BCUT2D eigenvalue weighted by Gasteiger charge is -2.27. The fraction of sp³-hybridized carbons (Fsp3) is 0.471. The van der Waals surface area contributed by atoms with Gasteiger partial charge in [0.05, 0.1) is 12.3 Å². The van der Waals surface area contributed by atoms with E-state index in [1.165, 1.54) is 4.90 Å². The van der Waals surface area contributed by atoms with Crippen molar-refractivity contribution in [3.8, 4) is 0 Å². The maximum absolute atomic E-state index is 12.3. The molecule has 0 spiro atoms. The fourth-order valence-electron chi connectivity index (χ4n) is 3.02. The summed E-state index contributed by atoms with van der Waals surface area (Å²) in [6, 6.07) is 7.67. The first-order chi connectivity index (χ1) is 11.5. The van der Waals surface area contributed by atoms with Gasteiger partial charge in [-0.25, -0.2) is 0 Å². The molecule has 3 amide bonds. The number of nitrogens with one attached hydrogen (secondary N) is 2. The zero-order valence-corrected chi connectivity index (χ0v) is 15.6. The van der Waals surface area contributed by atoms with E-state index in [2.05, 4.69) is 17.6 Å². The standard InChI is InChI=1S/C17H21N3O3S.ClH/c1-11-8-13(6-7-18-11)16(22)19-14-4-2-12(3-5-14)9-20-15(21)10-24-17(20)23;/h2-5,11,13,18H,6-10H2,1H3,(H,19,22);1H/t11-,13-;/m0./s1. The monoisotopic (exact) mass is 383 g/mol. The van der Waals surface area contributed by atoms with Crippen LogP contribution in [0.5, 0.6) is 0 Å². The number of anilines is 1. The Labute approximate surface area is 157 Å². The van der Waals surface area contributed by atoms with Crippen LogP contribution in [-0.2, 0) is 16.1 Å². The molecular weight excluding hydrogens is 362 g/mol. The highest BCUT2D eigenvalue weighted by molar-refractivity contribution is 8.14. The van der Waals surface area contributed by atoms with E-state index in [9.17, 15) is 14.4 Å². The number of piperidine rings is 1. The first-order valence-corrected chi connectivity index (χ1v) is 9.12. The third kappa shape index (κ3) is 4.96. The molecular formula is C17H22ClN3O3S. The summed E-state index contributed by atoms with van der Waals surface area (Å²) in [7, 11) is 0. The molecule has 3 rings (SSSR count). The minimum atomic E-state index is -0.197. The second-order valence-corrected chi connectivity index (χ2v) is 7.22. The van der Waals surface area contributed by atoms with Crippen molar-refractivity contribution in [2.24, 2.45) is 5.92 Å². The molecule has 0 bridgehead atoms. The van der Waals surface area contributed by atoms with Crippen molar-refractivity contribution in [3.05, 3.63) is 29.8 Å². The topological polar surface area (TPSA) is 78.5 Å². The summed E-state index contributed by atoms with van der Waals surface area (Å²) < 4.78 is 0. The number of imide groups is 1. The van der Waals surface area contributed by atoms with Gasteiger partial charge in [-0.2, -0.15) is 0 Å². The Balaban J connectivity index is 0.00000225. The molecule has 0 radical (unpaired) electrons. The minimum absolute atomic E-state index is 0. The van der Waals surface area contributed by atoms with E-state index in [-0.39, 0.29) is 47.7 Å². The average Bonchev–Trinajstić information content (AvgIpc) is 2.88. The number of hydrogen-bond acceptors (Lipinski definition) is 5. The van der Waals surface area contributed by atoms with Crippen molar-refractivity contribution in [1.29, 1.82) is 0 Å². The quantitative estimate of drug-likeness (QED) is 0.835. The fourth-order valence-corrected chi connectivity index (χ4v) is 3.75. The van der Waals surface area contributed by atoms with E-state index in [1.54, 1.807) is 0 Å². The number of benzene rings is 1. The number of carbonyl (C=O) groups is 3. The van der Waals surface area contributed by atoms with E-state index in [4.69, 9.17) is 0 Å². The van der Waals surface area contributed by atoms with Gasteiger partial charge in [-0.3, -0.25) is 19.3 Å². The lowest BCUT2D eigenvalue weighted by Crippen LogP contribution is -2.40. The van der Waals surface area contributed by atoms with Crippen LogP contribution >= 0.6 is 24.2 Å². The molecule has 1 aromatic carbocycles. The van der Waals surface area contributed by atoms with Crippen LogP contribution in [0.2, 0.25) is 0 Å². The summed E-state index contributed by atoms with van der Waals surface area (Å²) in [5.74, 6) is 0.166. The summed E-state index contributed by atoms with van der Waals surface area (Å²) in [6.45, 7) is 3.24. The van der Waals surface area contributed by atoms with Crippen molar-refractivity contribution in [2.75, 3.05) is 17.6 Å². The molecule has 25 heavy (non-hydrogen) atoms. The summed E-state index contributed by atoms with van der Waals surface area (Å²) in [4.78, 5) is 36.8. The predicted molar refractivity (Wildman–Crippen MR) is 101 cm³/mol. The molecule has 6 nitrogen and oxygen atoms in total. The first kappa shape index (κ1) is 19.8. The molecule has 136 valence electrons. The molecule has 1 aromatic rings. The predicted octanol–water partition coefficient (Wildman–Crippen LogP) is 2.63. The molecule has 0 aliphatic carbocycles. The molecule has 2 saturated heterocycles. The number of rotatable bonds is 4. The van der Waals surface area contributed by atoms with E-state index >= 15 is 0 Å². The molecule has 0 saturated carbocycles. The van der Waals surface area contributed by atoms with E-state index in [0.29, 0.717) is 6.04 Å². The Morgan fingerprint density at radius 2 is 2.04 bits per heavy atom. The molecule has 2 heterocycles. The average molecular weight is 384 g/mol. The highest BCUT2D eigenvalue weighted by Crippen LogP contribution is 2.22. The summed E-state index contributed by atoms with van der Waals surface area (Å²) in [5, 5.41) is 6.09. The van der Waals surface area contributed by atoms with Crippen LogP contribution in [0.3, 0.4) is 0 Å². The van der Waals surface area contributed by atoms with E-state index in [1.807, 2.05) is 24.3 Å². The number of halogens is 1. The molecule has 8 heteroatoms. The van der Waals surface area contributed by atoms with Crippen molar-refractivity contribution in [3.63, 3.8) is 0 Å². The normalized spacial score (nSPS) is 23.3. The van der Waals surface area contributed by atoms with Crippen molar-refractivity contribution < 1.29 is 14.4 Å². The van der Waals surface area contributed by atoms with E-state index < -0.39 is 0 Å². The van der Waals surface area contributed by atoms with Crippen LogP contribution < -0.4 is 10.6 Å². The largest absolute Gasteiger partial charge is 0.326 e. The van der Waals surface area contributed by atoms with Gasteiger partial charge in [0, 0.05) is 17.6 Å². The number of nitrogens with zero attached hydrogens (tertiary/aromatic N) is 1. The first-order valence-electron chi connectivity index (χ1n) is 8.13. The van der Waals surface area contributed by atoms with Crippen molar-refractivity contribution >= 4 is 46.9 Å². The van der Waals surface area contributed by atoms with Gasteiger partial charge in [-0.05, 0) is 44.0 Å². The number of thioether (sulfide) groups is 1. The van der Waals surface area contributed by atoms with Gasteiger partial charge < -0.3 is 10.6 Å². The molecule has 0 aromatic heterocycles. The Hall–Kier alpha value is -1.57. The number of hydrogen-bond donors (Lipinski definition) is 2. The zero-order chi connectivity index (χ0) is 17.1. The highest BCUT2D eigenvalue weighted by atomic mass is 35.5. The second-order valence-electron chi connectivity index (χ2n) is 6.30. The van der Waals surface area contributed by atoms with Crippen LogP contribution in [0, 0.1) is 5.92 Å². The Bertz CT molecular complexity index is 637. The lowest BCUT2D eigenvalue weighted by molar-refractivity contribution is -0.125. The maximum Gasteiger partial charge on any atom is 0.289 e. The lowest BCUT2D eigenvalue weighted by atomic mass is 9.92. The van der Waals surface area contributed by atoms with Gasteiger partial charge in [0.15, 0.2) is 0 Å². The summed E-state index contributed by atoms with van der Waals surface area (Å²) in [5.41, 5.74) is 1.61. The van der Waals surface area contributed by atoms with Crippen LogP contribution in [0.15, 0.2) is 24.3 Å². The molecule has 2 N–H and O–H groups in total. The van der Waals surface area contributed by atoms with Crippen LogP contribution in [0.25, 0.3) is 0 Å². The molecule has 2 fully saturated rings. The minimum Gasteiger partial charge on any atom is -0.326 e. The van der Waals surface area contributed by atoms with Crippen LogP contribution in [-0.4, -0.2) is 40.3 Å². The molecule has 0 unspecified atom stereocenters. The summed E-state index contributed by atoms with van der Waals surface area (Å²) in [6.07, 6.45) is 1.70. The van der Waals surface area contributed by atoms with Crippen molar-refractivity contribution in [2.45, 2.75) is 32.4 Å². The van der Waals surface area contributed by atoms with Gasteiger partial charge in [-0.15, -0.1) is 12.4 Å². The van der Waals surface area contributed by atoms with E-state index in [0.717, 1.165) is 42.4 Å². The third-order valence-corrected chi connectivity index (χ3v) is 5.26. The second kappa shape index (κ2) is 8.69.